The summed E-state index contributed by atoms with van der Waals surface area (Å²) >= 11 is 0. The van der Waals surface area contributed by atoms with Gasteiger partial charge in [0.1, 0.15) is 5.75 Å². The summed E-state index contributed by atoms with van der Waals surface area (Å²) in [5.74, 6) is 1.04. The van der Waals surface area contributed by atoms with Crippen molar-refractivity contribution >= 4 is 8.32 Å². The molecule has 0 aliphatic carbocycles. The van der Waals surface area contributed by atoms with E-state index in [0.717, 1.165) is 25.3 Å². The van der Waals surface area contributed by atoms with Gasteiger partial charge < -0.3 is 9.74 Å². The van der Waals surface area contributed by atoms with E-state index in [1.165, 1.54) is 11.1 Å². The SMILES string of the molecule is C[Si](C)(C)Oc1ccc2c(c1)CNCC2. The molecule has 0 aromatic heterocycles. The predicted molar refractivity (Wildman–Crippen MR) is 65.8 cm³/mol. The van der Waals surface area contributed by atoms with Crippen molar-refractivity contribution in [1.82, 2.24) is 5.32 Å². The molecular formula is C12H19NOSi. The minimum atomic E-state index is -1.46. The Morgan fingerprint density at radius 3 is 2.73 bits per heavy atom. The maximum atomic E-state index is 5.98. The summed E-state index contributed by atoms with van der Waals surface area (Å²) in [6.07, 6.45) is 1.14. The van der Waals surface area contributed by atoms with E-state index in [1.807, 2.05) is 0 Å². The zero-order valence-electron chi connectivity index (χ0n) is 9.76. The molecule has 0 radical (unpaired) electrons. The molecule has 1 N–H and O–H groups in total. The molecule has 1 aliphatic rings. The summed E-state index contributed by atoms with van der Waals surface area (Å²) in [7, 11) is -1.46. The van der Waals surface area contributed by atoms with Gasteiger partial charge in [-0.05, 0) is 55.9 Å². The van der Waals surface area contributed by atoms with E-state index in [2.05, 4.69) is 43.2 Å². The van der Waals surface area contributed by atoms with Crippen molar-refractivity contribution in [3.63, 3.8) is 0 Å². The lowest BCUT2D eigenvalue weighted by Gasteiger charge is -2.22. The van der Waals surface area contributed by atoms with E-state index < -0.39 is 8.32 Å². The van der Waals surface area contributed by atoms with Crippen LogP contribution >= 0.6 is 0 Å². The van der Waals surface area contributed by atoms with E-state index in [1.54, 1.807) is 0 Å². The second kappa shape index (κ2) is 3.98. The van der Waals surface area contributed by atoms with Crippen LogP contribution < -0.4 is 9.74 Å². The van der Waals surface area contributed by atoms with E-state index in [-0.39, 0.29) is 0 Å². The van der Waals surface area contributed by atoms with Crippen LogP contribution in [0.1, 0.15) is 11.1 Å². The first-order valence-electron chi connectivity index (χ1n) is 5.56. The van der Waals surface area contributed by atoms with Crippen LogP contribution in [-0.2, 0) is 13.0 Å². The van der Waals surface area contributed by atoms with Gasteiger partial charge in [0.15, 0.2) is 0 Å². The van der Waals surface area contributed by atoms with Gasteiger partial charge in [-0.25, -0.2) is 0 Å². The molecule has 1 aromatic carbocycles. The van der Waals surface area contributed by atoms with Gasteiger partial charge in [-0.1, -0.05) is 6.07 Å². The number of rotatable bonds is 2. The van der Waals surface area contributed by atoms with Crippen LogP contribution in [0.4, 0.5) is 0 Å². The molecular weight excluding hydrogens is 202 g/mol. The first-order valence-corrected chi connectivity index (χ1v) is 8.97. The Morgan fingerprint density at radius 2 is 2.00 bits per heavy atom. The molecule has 0 fully saturated rings. The molecule has 1 aromatic rings. The average Bonchev–Trinajstić information content (AvgIpc) is 2.15. The largest absolute Gasteiger partial charge is 0.544 e. The first kappa shape index (κ1) is 10.7. The van der Waals surface area contributed by atoms with E-state index in [0.29, 0.717) is 0 Å². The standard InChI is InChI=1S/C12H19NOSi/c1-15(2,3)14-12-5-4-10-6-7-13-9-11(10)8-12/h4-5,8,13H,6-7,9H2,1-3H3. The summed E-state index contributed by atoms with van der Waals surface area (Å²) < 4.78 is 5.98. The summed E-state index contributed by atoms with van der Waals surface area (Å²) in [6.45, 7) is 8.72. The number of nitrogens with one attached hydrogen (secondary N) is 1. The Morgan fingerprint density at radius 1 is 1.20 bits per heavy atom. The Hall–Kier alpha value is -0.803. The Bertz CT molecular complexity index is 357. The quantitative estimate of drug-likeness (QED) is 0.775. The lowest BCUT2D eigenvalue weighted by molar-refractivity contribution is 0.552. The van der Waals surface area contributed by atoms with Crippen LogP contribution in [-0.4, -0.2) is 14.9 Å². The van der Waals surface area contributed by atoms with Crippen LogP contribution in [0.5, 0.6) is 5.75 Å². The van der Waals surface area contributed by atoms with Gasteiger partial charge in [0.25, 0.3) is 0 Å². The van der Waals surface area contributed by atoms with E-state index >= 15 is 0 Å². The minimum absolute atomic E-state index is 0.984. The predicted octanol–water partition coefficient (Wildman–Crippen LogP) is 2.55. The van der Waals surface area contributed by atoms with Crippen molar-refractivity contribution in [2.24, 2.45) is 0 Å². The van der Waals surface area contributed by atoms with Crippen LogP contribution in [0.2, 0.25) is 19.6 Å². The average molecular weight is 221 g/mol. The van der Waals surface area contributed by atoms with Crippen LogP contribution in [0.15, 0.2) is 18.2 Å². The molecule has 3 heteroatoms. The zero-order valence-corrected chi connectivity index (χ0v) is 10.8. The molecule has 0 spiro atoms. The van der Waals surface area contributed by atoms with Gasteiger partial charge >= 0.3 is 0 Å². The molecule has 1 aliphatic heterocycles. The molecule has 15 heavy (non-hydrogen) atoms. The fraction of sp³-hybridized carbons (Fsp3) is 0.500. The van der Waals surface area contributed by atoms with Gasteiger partial charge in [-0.15, -0.1) is 0 Å². The zero-order chi connectivity index (χ0) is 10.9. The van der Waals surface area contributed by atoms with Gasteiger partial charge in [0.05, 0.1) is 0 Å². The Kier molecular flexibility index (Phi) is 2.84. The van der Waals surface area contributed by atoms with Crippen molar-refractivity contribution < 1.29 is 4.43 Å². The van der Waals surface area contributed by atoms with Crippen LogP contribution in [0.25, 0.3) is 0 Å². The fourth-order valence-corrected chi connectivity index (χ4v) is 2.71. The van der Waals surface area contributed by atoms with Crippen LogP contribution in [0, 0.1) is 0 Å². The van der Waals surface area contributed by atoms with Gasteiger partial charge in [0.2, 0.25) is 8.32 Å². The highest BCUT2D eigenvalue weighted by atomic mass is 28.4. The summed E-state index contributed by atoms with van der Waals surface area (Å²) in [6, 6.07) is 6.52. The van der Waals surface area contributed by atoms with Crippen LogP contribution in [0.3, 0.4) is 0 Å². The molecule has 0 saturated carbocycles. The van der Waals surface area contributed by atoms with Gasteiger partial charge in [0, 0.05) is 6.54 Å². The number of hydrogen-bond acceptors (Lipinski definition) is 2. The molecule has 0 bridgehead atoms. The molecule has 0 amide bonds. The highest BCUT2D eigenvalue weighted by molar-refractivity contribution is 6.70. The molecule has 2 nitrogen and oxygen atoms in total. The Labute approximate surface area is 92.8 Å². The highest BCUT2D eigenvalue weighted by Gasteiger charge is 2.17. The Balaban J connectivity index is 2.21. The van der Waals surface area contributed by atoms with Crippen molar-refractivity contribution in [3.8, 4) is 5.75 Å². The lowest BCUT2D eigenvalue weighted by Crippen LogP contribution is -2.29. The van der Waals surface area contributed by atoms with Crippen molar-refractivity contribution in [3.05, 3.63) is 29.3 Å². The monoisotopic (exact) mass is 221 g/mol. The minimum Gasteiger partial charge on any atom is -0.544 e. The maximum absolute atomic E-state index is 5.98. The third-order valence-electron chi connectivity index (χ3n) is 2.49. The second-order valence-corrected chi connectivity index (χ2v) is 9.50. The second-order valence-electron chi connectivity index (χ2n) is 5.07. The van der Waals surface area contributed by atoms with Gasteiger partial charge in [-0.3, -0.25) is 0 Å². The molecule has 0 atom stereocenters. The first-order chi connectivity index (χ1) is 7.04. The topological polar surface area (TPSA) is 21.3 Å². The maximum Gasteiger partial charge on any atom is 0.242 e. The lowest BCUT2D eigenvalue weighted by atomic mass is 10.0. The third kappa shape index (κ3) is 2.83. The van der Waals surface area contributed by atoms with E-state index in [4.69, 9.17) is 4.43 Å². The van der Waals surface area contributed by atoms with Crippen molar-refractivity contribution in [1.29, 1.82) is 0 Å². The van der Waals surface area contributed by atoms with E-state index in [9.17, 15) is 0 Å². The summed E-state index contributed by atoms with van der Waals surface area (Å²) in [4.78, 5) is 0. The molecule has 2 rings (SSSR count). The third-order valence-corrected chi connectivity index (χ3v) is 3.34. The normalized spacial score (nSPS) is 15.9. The smallest absolute Gasteiger partial charge is 0.242 e. The summed E-state index contributed by atoms with van der Waals surface area (Å²) in [5.41, 5.74) is 2.87. The highest BCUT2D eigenvalue weighted by Crippen LogP contribution is 2.22. The molecule has 0 saturated heterocycles. The molecule has 0 unspecified atom stereocenters. The number of benzene rings is 1. The summed E-state index contributed by atoms with van der Waals surface area (Å²) in [5, 5.41) is 3.39. The number of fused-ring (bicyclic) bond motifs is 1. The fourth-order valence-electron chi connectivity index (χ4n) is 1.87. The molecule has 1 heterocycles. The van der Waals surface area contributed by atoms with Gasteiger partial charge in [-0.2, -0.15) is 0 Å². The number of hydrogen-bond donors (Lipinski definition) is 1. The van der Waals surface area contributed by atoms with Crippen molar-refractivity contribution in [2.75, 3.05) is 6.54 Å². The molecule has 82 valence electrons. The van der Waals surface area contributed by atoms with Crippen molar-refractivity contribution in [2.45, 2.75) is 32.6 Å².